The number of benzene rings is 1. The Morgan fingerprint density at radius 2 is 1.91 bits per heavy atom. The minimum absolute atomic E-state index is 0.340. The summed E-state index contributed by atoms with van der Waals surface area (Å²) in [6.07, 6.45) is 1.05. The van der Waals surface area contributed by atoms with Gasteiger partial charge in [-0.3, -0.25) is 0 Å². The van der Waals surface area contributed by atoms with Crippen molar-refractivity contribution in [2.75, 3.05) is 0 Å². The van der Waals surface area contributed by atoms with Crippen LogP contribution in [0.5, 0.6) is 0 Å². The van der Waals surface area contributed by atoms with Gasteiger partial charge >= 0.3 is 0 Å². The van der Waals surface area contributed by atoms with E-state index >= 15 is 0 Å². The van der Waals surface area contributed by atoms with E-state index in [9.17, 15) is 0 Å². The van der Waals surface area contributed by atoms with E-state index in [1.54, 1.807) is 0 Å². The summed E-state index contributed by atoms with van der Waals surface area (Å²) < 4.78 is 0. The molecular formula is C9H11ClS. The van der Waals surface area contributed by atoms with E-state index in [0.29, 0.717) is 5.25 Å². The molecule has 0 aliphatic heterocycles. The average molecular weight is 187 g/mol. The molecule has 1 aromatic rings. The molecule has 1 rings (SSSR count). The normalized spacial score (nSPS) is 13.0. The second-order valence-electron chi connectivity index (χ2n) is 2.48. The van der Waals surface area contributed by atoms with Crippen molar-refractivity contribution in [1.29, 1.82) is 0 Å². The molecule has 1 aromatic carbocycles. The van der Waals surface area contributed by atoms with Crippen LogP contribution in [0.15, 0.2) is 24.3 Å². The van der Waals surface area contributed by atoms with Gasteiger partial charge in [0.25, 0.3) is 0 Å². The maximum Gasteiger partial charge on any atom is 0.0406 e. The lowest BCUT2D eigenvalue weighted by molar-refractivity contribution is 0.903. The van der Waals surface area contributed by atoms with E-state index in [-0.39, 0.29) is 0 Å². The van der Waals surface area contributed by atoms with Gasteiger partial charge in [0.15, 0.2) is 0 Å². The second kappa shape index (κ2) is 4.03. The smallest absolute Gasteiger partial charge is 0.0406 e. The predicted octanol–water partition coefficient (Wildman–Crippen LogP) is 3.72. The van der Waals surface area contributed by atoms with Crippen LogP contribution in [-0.4, -0.2) is 0 Å². The van der Waals surface area contributed by atoms with Crippen LogP contribution in [0, 0.1) is 0 Å². The molecule has 11 heavy (non-hydrogen) atoms. The predicted molar refractivity (Wildman–Crippen MR) is 53.5 cm³/mol. The van der Waals surface area contributed by atoms with Gasteiger partial charge in [-0.15, -0.1) is 0 Å². The molecule has 2 heteroatoms. The average Bonchev–Trinajstić information content (AvgIpc) is 2.05. The van der Waals surface area contributed by atoms with Gasteiger partial charge in [0, 0.05) is 10.3 Å². The number of hydrogen-bond donors (Lipinski definition) is 1. The van der Waals surface area contributed by atoms with Crippen molar-refractivity contribution in [1.82, 2.24) is 0 Å². The van der Waals surface area contributed by atoms with Crippen molar-refractivity contribution >= 4 is 24.2 Å². The molecule has 0 aliphatic rings. The summed E-state index contributed by atoms with van der Waals surface area (Å²) in [4.78, 5) is 0. The lowest BCUT2D eigenvalue weighted by Gasteiger charge is -2.06. The lowest BCUT2D eigenvalue weighted by atomic mass is 10.1. The highest BCUT2D eigenvalue weighted by molar-refractivity contribution is 7.80. The Morgan fingerprint density at radius 3 is 2.36 bits per heavy atom. The summed E-state index contributed by atoms with van der Waals surface area (Å²) >= 11 is 10.1. The molecule has 1 unspecified atom stereocenters. The summed E-state index contributed by atoms with van der Waals surface area (Å²) in [6.45, 7) is 2.12. The van der Waals surface area contributed by atoms with Gasteiger partial charge < -0.3 is 0 Å². The Morgan fingerprint density at radius 1 is 1.36 bits per heavy atom. The van der Waals surface area contributed by atoms with Crippen LogP contribution in [-0.2, 0) is 0 Å². The largest absolute Gasteiger partial charge is 0.171 e. The van der Waals surface area contributed by atoms with Crippen molar-refractivity contribution in [2.45, 2.75) is 18.6 Å². The summed E-state index contributed by atoms with van der Waals surface area (Å²) in [5.74, 6) is 0. The van der Waals surface area contributed by atoms with Crippen LogP contribution in [0.4, 0.5) is 0 Å². The maximum absolute atomic E-state index is 5.73. The molecule has 0 nitrogen and oxygen atoms in total. The van der Waals surface area contributed by atoms with Crippen molar-refractivity contribution in [3.05, 3.63) is 34.9 Å². The number of rotatable bonds is 2. The molecule has 60 valence electrons. The highest BCUT2D eigenvalue weighted by Gasteiger charge is 2.01. The van der Waals surface area contributed by atoms with E-state index < -0.39 is 0 Å². The quantitative estimate of drug-likeness (QED) is 0.669. The molecule has 0 amide bonds. The van der Waals surface area contributed by atoms with E-state index in [0.717, 1.165) is 11.4 Å². The third kappa shape index (κ3) is 2.42. The van der Waals surface area contributed by atoms with Crippen LogP contribution in [0.25, 0.3) is 0 Å². The minimum Gasteiger partial charge on any atom is -0.171 e. The first-order valence-electron chi connectivity index (χ1n) is 3.67. The standard InChI is InChI=1S/C9H11ClS/c1-2-9(11)7-3-5-8(10)6-4-7/h3-6,9,11H,2H2,1H3. The molecule has 0 aliphatic carbocycles. The zero-order valence-corrected chi connectivity index (χ0v) is 8.07. The molecular weight excluding hydrogens is 176 g/mol. The van der Waals surface area contributed by atoms with Gasteiger partial charge in [0.1, 0.15) is 0 Å². The monoisotopic (exact) mass is 186 g/mol. The minimum atomic E-state index is 0.340. The van der Waals surface area contributed by atoms with E-state index in [2.05, 4.69) is 19.6 Å². The van der Waals surface area contributed by atoms with Gasteiger partial charge in [-0.1, -0.05) is 30.7 Å². The molecule has 0 saturated heterocycles. The van der Waals surface area contributed by atoms with Crippen LogP contribution < -0.4 is 0 Å². The van der Waals surface area contributed by atoms with Gasteiger partial charge in [-0.05, 0) is 24.1 Å². The fourth-order valence-electron chi connectivity index (χ4n) is 0.921. The molecule has 0 saturated carbocycles. The topological polar surface area (TPSA) is 0 Å². The fourth-order valence-corrected chi connectivity index (χ4v) is 1.22. The molecule has 0 heterocycles. The maximum atomic E-state index is 5.73. The van der Waals surface area contributed by atoms with Crippen molar-refractivity contribution in [3.8, 4) is 0 Å². The Hall–Kier alpha value is -0.140. The Labute approximate surface area is 78.0 Å². The summed E-state index contributed by atoms with van der Waals surface area (Å²) in [5.41, 5.74) is 1.24. The van der Waals surface area contributed by atoms with Crippen molar-refractivity contribution < 1.29 is 0 Å². The van der Waals surface area contributed by atoms with E-state index in [1.807, 2.05) is 24.3 Å². The number of halogens is 1. The molecule has 0 fully saturated rings. The SMILES string of the molecule is CCC(S)c1ccc(Cl)cc1. The van der Waals surface area contributed by atoms with E-state index in [4.69, 9.17) is 11.6 Å². The molecule has 0 bridgehead atoms. The van der Waals surface area contributed by atoms with Crippen molar-refractivity contribution in [3.63, 3.8) is 0 Å². The molecule has 1 atom stereocenters. The van der Waals surface area contributed by atoms with Crippen LogP contribution >= 0.6 is 24.2 Å². The number of thiol groups is 1. The van der Waals surface area contributed by atoms with Crippen LogP contribution in [0.2, 0.25) is 5.02 Å². The van der Waals surface area contributed by atoms with Crippen LogP contribution in [0.1, 0.15) is 24.2 Å². The Balaban J connectivity index is 2.81. The Kier molecular flexibility index (Phi) is 3.28. The van der Waals surface area contributed by atoms with E-state index in [1.165, 1.54) is 5.56 Å². The first-order chi connectivity index (χ1) is 5.24. The molecule has 0 spiro atoms. The third-order valence-electron chi connectivity index (χ3n) is 1.64. The summed E-state index contributed by atoms with van der Waals surface area (Å²) in [6, 6.07) is 7.83. The molecule has 0 N–H and O–H groups in total. The van der Waals surface area contributed by atoms with Gasteiger partial charge in [-0.2, -0.15) is 12.6 Å². The summed E-state index contributed by atoms with van der Waals surface area (Å²) in [7, 11) is 0. The first-order valence-corrected chi connectivity index (χ1v) is 4.57. The third-order valence-corrected chi connectivity index (χ3v) is 2.56. The van der Waals surface area contributed by atoms with Gasteiger partial charge in [0.2, 0.25) is 0 Å². The zero-order valence-electron chi connectivity index (χ0n) is 6.42. The van der Waals surface area contributed by atoms with Gasteiger partial charge in [-0.25, -0.2) is 0 Å². The lowest BCUT2D eigenvalue weighted by Crippen LogP contribution is -1.86. The zero-order chi connectivity index (χ0) is 8.27. The van der Waals surface area contributed by atoms with Crippen molar-refractivity contribution in [2.24, 2.45) is 0 Å². The molecule has 0 radical (unpaired) electrons. The Bertz CT molecular complexity index is 218. The van der Waals surface area contributed by atoms with Crippen LogP contribution in [0.3, 0.4) is 0 Å². The van der Waals surface area contributed by atoms with Gasteiger partial charge in [0.05, 0.1) is 0 Å². The number of hydrogen-bond acceptors (Lipinski definition) is 1. The molecule has 0 aromatic heterocycles. The summed E-state index contributed by atoms with van der Waals surface area (Å²) in [5, 5.41) is 1.12. The fraction of sp³-hybridized carbons (Fsp3) is 0.333. The highest BCUT2D eigenvalue weighted by Crippen LogP contribution is 2.23. The first kappa shape index (κ1) is 8.95. The highest BCUT2D eigenvalue weighted by atomic mass is 35.5. The second-order valence-corrected chi connectivity index (χ2v) is 3.54.